The minimum atomic E-state index is -0.122. The summed E-state index contributed by atoms with van der Waals surface area (Å²) in [7, 11) is 0. The van der Waals surface area contributed by atoms with Gasteiger partial charge < -0.3 is 5.11 Å². The van der Waals surface area contributed by atoms with Crippen LogP contribution in [-0.4, -0.2) is 27.3 Å². The average Bonchev–Trinajstić information content (AvgIpc) is 1.88. The molecule has 0 spiro atoms. The minimum absolute atomic E-state index is 0.122. The Morgan fingerprint density at radius 3 is 2.60 bits per heavy atom. The van der Waals surface area contributed by atoms with Crippen LogP contribution in [0.3, 0.4) is 0 Å². The molecule has 0 saturated carbocycles. The van der Waals surface area contributed by atoms with Gasteiger partial charge in [-0.15, -0.1) is 23.5 Å². The zero-order valence-electron chi connectivity index (χ0n) is 6.25. The predicted octanol–water partition coefficient (Wildman–Crippen LogP) is 1.95. The summed E-state index contributed by atoms with van der Waals surface area (Å²) in [5.41, 5.74) is 0. The lowest BCUT2D eigenvalue weighted by molar-refractivity contribution is 0.190. The summed E-state index contributed by atoms with van der Waals surface area (Å²) >= 11 is 3.99. The van der Waals surface area contributed by atoms with Crippen LogP contribution in [0.4, 0.5) is 0 Å². The van der Waals surface area contributed by atoms with Crippen LogP contribution in [0.2, 0.25) is 0 Å². The Morgan fingerprint density at radius 2 is 2.10 bits per heavy atom. The predicted molar refractivity (Wildman–Crippen MR) is 49.6 cm³/mol. The number of aliphatic hydroxyl groups excluding tert-OH is 1. The molecule has 3 heteroatoms. The number of thioether (sulfide) groups is 2. The summed E-state index contributed by atoms with van der Waals surface area (Å²) in [6.45, 7) is 1.87. The molecule has 0 aromatic rings. The maximum Gasteiger partial charge on any atom is 0.0530 e. The van der Waals surface area contributed by atoms with E-state index in [1.807, 2.05) is 30.4 Å². The maximum absolute atomic E-state index is 9.08. The maximum atomic E-state index is 9.08. The van der Waals surface area contributed by atoms with Crippen LogP contribution in [0.15, 0.2) is 0 Å². The van der Waals surface area contributed by atoms with Gasteiger partial charge in [0.15, 0.2) is 0 Å². The van der Waals surface area contributed by atoms with E-state index in [4.69, 9.17) is 5.11 Å². The van der Waals surface area contributed by atoms with E-state index in [0.29, 0.717) is 4.58 Å². The highest BCUT2D eigenvalue weighted by Gasteiger charge is 2.15. The van der Waals surface area contributed by atoms with Crippen molar-refractivity contribution in [3.8, 4) is 0 Å². The van der Waals surface area contributed by atoms with Gasteiger partial charge in [-0.05, 0) is 31.3 Å². The molecule has 0 amide bonds. The molecule has 1 nitrogen and oxygen atoms in total. The molecule has 1 atom stereocenters. The van der Waals surface area contributed by atoms with Gasteiger partial charge in [0, 0.05) is 0 Å². The highest BCUT2D eigenvalue weighted by atomic mass is 32.2. The molecule has 0 radical (unpaired) electrons. The Balaban J connectivity index is 2.13. The van der Waals surface area contributed by atoms with Crippen molar-refractivity contribution in [2.45, 2.75) is 30.5 Å². The van der Waals surface area contributed by atoms with Crippen LogP contribution in [0.1, 0.15) is 19.8 Å². The van der Waals surface area contributed by atoms with Crippen molar-refractivity contribution < 1.29 is 5.11 Å². The standard InChI is InChI=1S/C7H14OS2/c1-6(8)5-7-9-3-2-4-10-7/h6-8H,2-5H2,1H3. The second-order valence-corrected chi connectivity index (χ2v) is 5.53. The molecular formula is C7H14OS2. The summed E-state index contributed by atoms with van der Waals surface area (Å²) in [5.74, 6) is 2.56. The Morgan fingerprint density at radius 1 is 1.50 bits per heavy atom. The van der Waals surface area contributed by atoms with Gasteiger partial charge in [-0.1, -0.05) is 0 Å². The second kappa shape index (κ2) is 4.52. The molecule has 1 unspecified atom stereocenters. The summed E-state index contributed by atoms with van der Waals surface area (Å²) < 4.78 is 0.661. The third-order valence-corrected chi connectivity index (χ3v) is 4.42. The van der Waals surface area contributed by atoms with Crippen molar-refractivity contribution >= 4 is 23.5 Å². The first-order valence-corrected chi connectivity index (χ1v) is 5.80. The third-order valence-electron chi connectivity index (χ3n) is 1.43. The van der Waals surface area contributed by atoms with E-state index in [-0.39, 0.29) is 6.10 Å². The molecule has 1 rings (SSSR count). The fourth-order valence-electron chi connectivity index (χ4n) is 0.951. The molecule has 0 aliphatic carbocycles. The topological polar surface area (TPSA) is 20.2 Å². The van der Waals surface area contributed by atoms with Gasteiger partial charge in [0.2, 0.25) is 0 Å². The van der Waals surface area contributed by atoms with E-state index in [1.165, 1.54) is 17.9 Å². The van der Waals surface area contributed by atoms with E-state index < -0.39 is 0 Å². The molecule has 0 aromatic carbocycles. The largest absolute Gasteiger partial charge is 0.393 e. The average molecular weight is 178 g/mol. The third kappa shape index (κ3) is 3.17. The van der Waals surface area contributed by atoms with Crippen molar-refractivity contribution in [2.24, 2.45) is 0 Å². The van der Waals surface area contributed by atoms with E-state index in [0.717, 1.165) is 6.42 Å². The highest BCUT2D eigenvalue weighted by molar-refractivity contribution is 8.17. The van der Waals surface area contributed by atoms with Gasteiger partial charge in [0.25, 0.3) is 0 Å². The monoisotopic (exact) mass is 178 g/mol. The first-order valence-electron chi connectivity index (χ1n) is 3.70. The Labute approximate surface area is 71.0 Å². The van der Waals surface area contributed by atoms with Crippen molar-refractivity contribution in [2.75, 3.05) is 11.5 Å². The second-order valence-electron chi connectivity index (χ2n) is 2.61. The Bertz CT molecular complexity index is 89.6. The van der Waals surface area contributed by atoms with Gasteiger partial charge >= 0.3 is 0 Å². The van der Waals surface area contributed by atoms with E-state index in [9.17, 15) is 0 Å². The molecule has 1 aliphatic rings. The van der Waals surface area contributed by atoms with Crippen molar-refractivity contribution in [3.63, 3.8) is 0 Å². The summed E-state index contributed by atoms with van der Waals surface area (Å²) in [6, 6.07) is 0. The van der Waals surface area contributed by atoms with Crippen molar-refractivity contribution in [1.29, 1.82) is 0 Å². The highest BCUT2D eigenvalue weighted by Crippen LogP contribution is 2.33. The fourth-order valence-corrected chi connectivity index (χ4v) is 4.07. The minimum Gasteiger partial charge on any atom is -0.393 e. The van der Waals surface area contributed by atoms with E-state index in [2.05, 4.69) is 0 Å². The van der Waals surface area contributed by atoms with Gasteiger partial charge in [-0.3, -0.25) is 0 Å². The van der Waals surface area contributed by atoms with Crippen molar-refractivity contribution in [1.82, 2.24) is 0 Å². The SMILES string of the molecule is CC(O)CC1SCCCS1. The van der Waals surface area contributed by atoms with Gasteiger partial charge in [-0.2, -0.15) is 0 Å². The van der Waals surface area contributed by atoms with Gasteiger partial charge in [0.1, 0.15) is 0 Å². The molecule has 1 heterocycles. The molecule has 0 bridgehead atoms. The van der Waals surface area contributed by atoms with E-state index in [1.54, 1.807) is 0 Å². The lowest BCUT2D eigenvalue weighted by Gasteiger charge is -2.21. The molecule has 60 valence electrons. The van der Waals surface area contributed by atoms with Crippen LogP contribution < -0.4 is 0 Å². The summed E-state index contributed by atoms with van der Waals surface area (Å²) in [5, 5.41) is 9.08. The number of aliphatic hydroxyl groups is 1. The molecular weight excluding hydrogens is 164 g/mol. The van der Waals surface area contributed by atoms with Crippen LogP contribution in [0.25, 0.3) is 0 Å². The molecule has 1 N–H and O–H groups in total. The fraction of sp³-hybridized carbons (Fsp3) is 1.00. The quantitative estimate of drug-likeness (QED) is 0.698. The summed E-state index contributed by atoms with van der Waals surface area (Å²) in [6.07, 6.45) is 2.17. The summed E-state index contributed by atoms with van der Waals surface area (Å²) in [4.78, 5) is 0. The lowest BCUT2D eigenvalue weighted by Crippen LogP contribution is -2.13. The first-order chi connectivity index (χ1) is 4.79. The van der Waals surface area contributed by atoms with Crippen LogP contribution in [0.5, 0.6) is 0 Å². The first kappa shape index (κ1) is 8.75. The Kier molecular flexibility index (Phi) is 3.96. The number of hydrogen-bond acceptors (Lipinski definition) is 3. The molecule has 1 aliphatic heterocycles. The van der Waals surface area contributed by atoms with Crippen LogP contribution >= 0.6 is 23.5 Å². The lowest BCUT2D eigenvalue weighted by atomic mass is 10.3. The number of rotatable bonds is 2. The Hall–Kier alpha value is 0.660. The normalized spacial score (nSPS) is 24.6. The van der Waals surface area contributed by atoms with Crippen LogP contribution in [-0.2, 0) is 0 Å². The molecule has 1 saturated heterocycles. The molecule has 0 aromatic heterocycles. The zero-order valence-corrected chi connectivity index (χ0v) is 7.88. The molecule has 10 heavy (non-hydrogen) atoms. The van der Waals surface area contributed by atoms with Crippen molar-refractivity contribution in [3.05, 3.63) is 0 Å². The van der Waals surface area contributed by atoms with Crippen LogP contribution in [0, 0.1) is 0 Å². The smallest absolute Gasteiger partial charge is 0.0530 e. The number of hydrogen-bond donors (Lipinski definition) is 1. The molecule has 1 fully saturated rings. The van der Waals surface area contributed by atoms with Gasteiger partial charge in [0.05, 0.1) is 10.7 Å². The zero-order chi connectivity index (χ0) is 7.40. The van der Waals surface area contributed by atoms with Gasteiger partial charge in [-0.25, -0.2) is 0 Å². The van der Waals surface area contributed by atoms with E-state index >= 15 is 0 Å².